The molecule has 0 saturated carbocycles. The molecule has 0 aliphatic carbocycles. The van der Waals surface area contributed by atoms with Crippen LogP contribution in [0, 0.1) is 5.41 Å². The number of benzene rings is 1. The van der Waals surface area contributed by atoms with Gasteiger partial charge in [-0.05, 0) is 24.0 Å². The quantitative estimate of drug-likeness (QED) is 0.810. The highest BCUT2D eigenvalue weighted by Crippen LogP contribution is 2.23. The van der Waals surface area contributed by atoms with Crippen LogP contribution in [0.5, 0.6) is 5.75 Å². The van der Waals surface area contributed by atoms with Crippen molar-refractivity contribution in [2.45, 2.75) is 33.7 Å². The van der Waals surface area contributed by atoms with Crippen molar-refractivity contribution in [2.75, 3.05) is 7.11 Å². The van der Waals surface area contributed by atoms with E-state index in [-0.39, 0.29) is 0 Å². The molecule has 1 aromatic carbocycles. The summed E-state index contributed by atoms with van der Waals surface area (Å²) < 4.78 is 7.40. The topological polar surface area (TPSA) is 27.1 Å². The van der Waals surface area contributed by atoms with Crippen LogP contribution in [0.1, 0.15) is 27.2 Å². The van der Waals surface area contributed by atoms with E-state index in [0.29, 0.717) is 5.41 Å². The van der Waals surface area contributed by atoms with Crippen molar-refractivity contribution in [2.24, 2.45) is 5.41 Å². The average molecular weight is 232 g/mol. The van der Waals surface area contributed by atoms with Crippen LogP contribution in [0.2, 0.25) is 0 Å². The van der Waals surface area contributed by atoms with Crippen LogP contribution < -0.4 is 4.74 Å². The summed E-state index contributed by atoms with van der Waals surface area (Å²) in [4.78, 5) is 4.41. The van der Waals surface area contributed by atoms with Crippen LogP contribution >= 0.6 is 0 Å². The number of methoxy groups -OCH3 is 1. The number of fused-ring (bicyclic) bond motifs is 1. The van der Waals surface area contributed by atoms with Crippen LogP contribution in [0.3, 0.4) is 0 Å². The first kappa shape index (κ1) is 12.0. The molecule has 0 radical (unpaired) electrons. The maximum atomic E-state index is 5.20. The van der Waals surface area contributed by atoms with Gasteiger partial charge in [-0.1, -0.05) is 20.8 Å². The Morgan fingerprint density at radius 3 is 2.71 bits per heavy atom. The van der Waals surface area contributed by atoms with E-state index >= 15 is 0 Å². The van der Waals surface area contributed by atoms with Gasteiger partial charge in [0.25, 0.3) is 0 Å². The van der Waals surface area contributed by atoms with Crippen LogP contribution in [0.25, 0.3) is 11.0 Å². The first-order chi connectivity index (χ1) is 7.99. The molecule has 0 saturated heterocycles. The minimum Gasteiger partial charge on any atom is -0.497 e. The monoisotopic (exact) mass is 232 g/mol. The number of nitrogens with zero attached hydrogens (tertiary/aromatic N) is 2. The predicted molar refractivity (Wildman–Crippen MR) is 70.4 cm³/mol. The molecule has 92 valence electrons. The van der Waals surface area contributed by atoms with E-state index in [1.807, 2.05) is 18.5 Å². The first-order valence-electron chi connectivity index (χ1n) is 5.98. The van der Waals surface area contributed by atoms with E-state index in [4.69, 9.17) is 4.74 Å². The Hall–Kier alpha value is -1.51. The van der Waals surface area contributed by atoms with E-state index in [1.54, 1.807) is 7.11 Å². The molecule has 1 aromatic heterocycles. The third-order valence-corrected chi connectivity index (χ3v) is 2.93. The fraction of sp³-hybridized carbons (Fsp3) is 0.500. The number of hydrogen-bond donors (Lipinski definition) is 0. The van der Waals surface area contributed by atoms with Gasteiger partial charge in [0.2, 0.25) is 0 Å². The standard InChI is InChI=1S/C14H20N2O/c1-14(2,3)7-8-16-10-15-12-9-11(17-4)5-6-13(12)16/h5-6,9-10H,7-8H2,1-4H3. The highest BCUT2D eigenvalue weighted by Gasteiger charge is 2.11. The zero-order valence-electron chi connectivity index (χ0n) is 11.0. The van der Waals surface area contributed by atoms with Gasteiger partial charge in [0, 0.05) is 12.6 Å². The summed E-state index contributed by atoms with van der Waals surface area (Å²) in [5, 5.41) is 0. The van der Waals surface area contributed by atoms with Gasteiger partial charge in [0.15, 0.2) is 0 Å². The van der Waals surface area contributed by atoms with Crippen LogP contribution in [-0.4, -0.2) is 16.7 Å². The van der Waals surface area contributed by atoms with Gasteiger partial charge >= 0.3 is 0 Å². The second-order valence-corrected chi connectivity index (χ2v) is 5.60. The van der Waals surface area contributed by atoms with Gasteiger partial charge in [-0.2, -0.15) is 0 Å². The van der Waals surface area contributed by atoms with Crippen molar-refractivity contribution < 1.29 is 4.74 Å². The van der Waals surface area contributed by atoms with Gasteiger partial charge in [-0.15, -0.1) is 0 Å². The van der Waals surface area contributed by atoms with E-state index in [0.717, 1.165) is 24.2 Å². The number of imidazole rings is 1. The third-order valence-electron chi connectivity index (χ3n) is 2.93. The maximum absolute atomic E-state index is 5.20. The van der Waals surface area contributed by atoms with Crippen molar-refractivity contribution in [3.8, 4) is 5.75 Å². The summed E-state index contributed by atoms with van der Waals surface area (Å²) in [5.41, 5.74) is 2.52. The molecule has 0 atom stereocenters. The van der Waals surface area contributed by atoms with Crippen molar-refractivity contribution >= 4 is 11.0 Å². The summed E-state index contributed by atoms with van der Waals surface area (Å²) in [6.07, 6.45) is 3.06. The van der Waals surface area contributed by atoms with E-state index in [2.05, 4.69) is 36.4 Å². The number of rotatable bonds is 3. The molecule has 17 heavy (non-hydrogen) atoms. The molecule has 2 rings (SSSR count). The summed E-state index contributed by atoms with van der Waals surface area (Å²) in [6, 6.07) is 6.03. The molecule has 3 heteroatoms. The van der Waals surface area contributed by atoms with Crippen molar-refractivity contribution in [1.29, 1.82) is 0 Å². The molecule has 2 aromatic rings. The molecule has 0 N–H and O–H groups in total. The number of hydrogen-bond acceptors (Lipinski definition) is 2. The van der Waals surface area contributed by atoms with Gasteiger partial charge in [-0.25, -0.2) is 4.98 Å². The zero-order valence-corrected chi connectivity index (χ0v) is 11.0. The van der Waals surface area contributed by atoms with Crippen molar-refractivity contribution in [1.82, 2.24) is 9.55 Å². The lowest BCUT2D eigenvalue weighted by atomic mass is 9.92. The molecule has 3 nitrogen and oxygen atoms in total. The molecule has 0 unspecified atom stereocenters. The molecule has 1 heterocycles. The Morgan fingerprint density at radius 2 is 2.06 bits per heavy atom. The Kier molecular flexibility index (Phi) is 3.09. The first-order valence-corrected chi connectivity index (χ1v) is 5.98. The van der Waals surface area contributed by atoms with E-state index in [1.165, 1.54) is 5.52 Å². The normalized spacial score (nSPS) is 12.0. The number of aryl methyl sites for hydroxylation is 1. The molecule has 0 bridgehead atoms. The smallest absolute Gasteiger partial charge is 0.121 e. The van der Waals surface area contributed by atoms with Crippen LogP contribution in [-0.2, 0) is 6.54 Å². The molecule has 0 amide bonds. The predicted octanol–water partition coefficient (Wildman–Crippen LogP) is 3.48. The van der Waals surface area contributed by atoms with Gasteiger partial charge in [0.1, 0.15) is 5.75 Å². The molecule has 0 aliphatic heterocycles. The number of aromatic nitrogens is 2. The zero-order chi connectivity index (χ0) is 12.5. The fourth-order valence-electron chi connectivity index (χ4n) is 1.80. The highest BCUT2D eigenvalue weighted by molar-refractivity contribution is 5.76. The molecule has 0 aliphatic rings. The Labute approximate surface area is 102 Å². The highest BCUT2D eigenvalue weighted by atomic mass is 16.5. The van der Waals surface area contributed by atoms with E-state index in [9.17, 15) is 0 Å². The molecule has 0 fully saturated rings. The Morgan fingerprint density at radius 1 is 1.29 bits per heavy atom. The second-order valence-electron chi connectivity index (χ2n) is 5.60. The lowest BCUT2D eigenvalue weighted by molar-refractivity contribution is 0.352. The average Bonchev–Trinajstić information content (AvgIpc) is 2.67. The minimum absolute atomic E-state index is 0.350. The SMILES string of the molecule is COc1ccc2c(c1)ncn2CCC(C)(C)C. The lowest BCUT2D eigenvalue weighted by Gasteiger charge is -2.18. The summed E-state index contributed by atoms with van der Waals surface area (Å²) >= 11 is 0. The minimum atomic E-state index is 0.350. The van der Waals surface area contributed by atoms with Gasteiger partial charge in [0.05, 0.1) is 24.5 Å². The second kappa shape index (κ2) is 4.40. The molecule has 0 spiro atoms. The Bertz CT molecular complexity index is 508. The largest absolute Gasteiger partial charge is 0.497 e. The maximum Gasteiger partial charge on any atom is 0.121 e. The lowest BCUT2D eigenvalue weighted by Crippen LogP contribution is -2.09. The molecular formula is C14H20N2O. The third kappa shape index (κ3) is 2.78. The summed E-state index contributed by atoms with van der Waals surface area (Å²) in [5.74, 6) is 0.860. The molecular weight excluding hydrogens is 212 g/mol. The summed E-state index contributed by atoms with van der Waals surface area (Å²) in [6.45, 7) is 7.78. The van der Waals surface area contributed by atoms with Gasteiger partial charge < -0.3 is 9.30 Å². The van der Waals surface area contributed by atoms with Crippen LogP contribution in [0.4, 0.5) is 0 Å². The van der Waals surface area contributed by atoms with Crippen molar-refractivity contribution in [3.63, 3.8) is 0 Å². The fourth-order valence-corrected chi connectivity index (χ4v) is 1.80. The van der Waals surface area contributed by atoms with Crippen molar-refractivity contribution in [3.05, 3.63) is 24.5 Å². The van der Waals surface area contributed by atoms with Gasteiger partial charge in [-0.3, -0.25) is 0 Å². The summed E-state index contributed by atoms with van der Waals surface area (Å²) in [7, 11) is 1.68. The van der Waals surface area contributed by atoms with Crippen LogP contribution in [0.15, 0.2) is 24.5 Å². The Balaban J connectivity index is 2.24. The van der Waals surface area contributed by atoms with E-state index < -0.39 is 0 Å². The number of ether oxygens (including phenoxy) is 1.